The molecule has 0 aliphatic carbocycles. The molecule has 0 bridgehead atoms. The summed E-state index contributed by atoms with van der Waals surface area (Å²) in [7, 11) is 0. The van der Waals surface area contributed by atoms with Crippen molar-refractivity contribution in [1.29, 1.82) is 0 Å². The van der Waals surface area contributed by atoms with Crippen LogP contribution in [-0.2, 0) is 20.4 Å². The molecular weight excluding hydrogens is 424 g/mol. The fourth-order valence-corrected chi connectivity index (χ4v) is 1.24. The van der Waals surface area contributed by atoms with E-state index in [-0.39, 0.29) is 89.5 Å². The summed E-state index contributed by atoms with van der Waals surface area (Å²) in [4.78, 5) is 22.4. The van der Waals surface area contributed by atoms with Crippen LogP contribution >= 0.6 is 0 Å². The van der Waals surface area contributed by atoms with Gasteiger partial charge in [0.05, 0.1) is 0 Å². The summed E-state index contributed by atoms with van der Waals surface area (Å²) in [5.74, 6) is 0. The number of benzene rings is 2. The molecule has 2 rings (SSSR count). The van der Waals surface area contributed by atoms with Crippen LogP contribution < -0.4 is 69.0 Å². The van der Waals surface area contributed by atoms with Crippen molar-refractivity contribution < 1.29 is 78.6 Å². The Hall–Kier alpha value is 0.768. The molecule has 67 valence electrons. The predicted molar refractivity (Wildman–Crippen MR) is 47.7 cm³/mol. The molecule has 0 heterocycles. The maximum Gasteiger partial charge on any atom is 1.00 e. The third-order valence-corrected chi connectivity index (χ3v) is 1.84. The minimum atomic E-state index is -0.0924. The maximum atomic E-state index is 11.2. The standard InChI is InChI=1S/C10H6O2.Rb.Re/c11-9-5-6-10(12)8-4-2-1-3-7(8)9;;/h1-6H;;/q-2;+1;. The van der Waals surface area contributed by atoms with E-state index >= 15 is 0 Å². The molecule has 0 amide bonds. The molecule has 2 aromatic rings. The summed E-state index contributed by atoms with van der Waals surface area (Å²) in [5.41, 5.74) is -0.185. The number of fused-ring (bicyclic) bond motifs is 1. The fraction of sp³-hybridized carbons (Fsp3) is 0. The van der Waals surface area contributed by atoms with Crippen LogP contribution in [-0.4, -0.2) is 0 Å². The molecule has 0 saturated heterocycles. The van der Waals surface area contributed by atoms with Gasteiger partial charge >= 0.3 is 58.2 Å². The molecule has 0 atom stereocenters. The molecule has 0 unspecified atom stereocenters. The van der Waals surface area contributed by atoms with Crippen LogP contribution in [0, 0.1) is 0 Å². The summed E-state index contributed by atoms with van der Waals surface area (Å²) < 4.78 is 0. The molecule has 0 saturated carbocycles. The first kappa shape index (κ1) is 14.8. The van der Waals surface area contributed by atoms with Gasteiger partial charge in [0, 0.05) is 20.4 Å². The predicted octanol–water partition coefficient (Wildman–Crippen LogP) is -2.00. The van der Waals surface area contributed by atoms with Crippen LogP contribution in [0.5, 0.6) is 0 Å². The second-order valence-corrected chi connectivity index (χ2v) is 2.61. The second-order valence-electron chi connectivity index (χ2n) is 2.61. The van der Waals surface area contributed by atoms with E-state index < -0.39 is 0 Å². The first-order valence-corrected chi connectivity index (χ1v) is 3.65. The van der Waals surface area contributed by atoms with Gasteiger partial charge in [-0.2, -0.15) is 10.8 Å². The average Bonchev–Trinajstić information content (AvgIpc) is 2.12. The minimum Gasteiger partial charge on any atom is -0.394 e. The topological polar surface area (TPSA) is 34.1 Å². The summed E-state index contributed by atoms with van der Waals surface area (Å²) in [6, 6.07) is 9.46. The van der Waals surface area contributed by atoms with E-state index in [1.54, 1.807) is 24.3 Å². The monoisotopic (exact) mass is 430 g/mol. The van der Waals surface area contributed by atoms with Gasteiger partial charge in [-0.05, 0) is 10.9 Å². The van der Waals surface area contributed by atoms with Crippen LogP contribution in [0.15, 0.2) is 46.0 Å². The zero-order valence-corrected chi connectivity index (χ0v) is 15.3. The number of hydrogen-bond donors (Lipinski definition) is 0. The molecule has 0 aromatic heterocycles. The van der Waals surface area contributed by atoms with Gasteiger partial charge in [0.15, 0.2) is 0 Å². The van der Waals surface area contributed by atoms with Gasteiger partial charge in [0.25, 0.3) is 0 Å². The van der Waals surface area contributed by atoms with E-state index in [4.69, 9.17) is 0 Å². The quantitative estimate of drug-likeness (QED) is 0.454. The molecule has 0 N–H and O–H groups in total. The maximum absolute atomic E-state index is 11.2. The minimum absolute atomic E-state index is 0. The van der Waals surface area contributed by atoms with Crippen LogP contribution in [0.2, 0.25) is 0 Å². The second kappa shape index (κ2) is 6.37. The summed E-state index contributed by atoms with van der Waals surface area (Å²) >= 11 is 0. The van der Waals surface area contributed by atoms with Crippen LogP contribution in [0.4, 0.5) is 0 Å². The smallest absolute Gasteiger partial charge is 0.394 e. The van der Waals surface area contributed by atoms with Crippen LogP contribution in [0.25, 0.3) is 10.8 Å². The van der Waals surface area contributed by atoms with E-state index in [0.717, 1.165) is 0 Å². The van der Waals surface area contributed by atoms with Crippen LogP contribution in [0.3, 0.4) is 0 Å². The Morgan fingerprint density at radius 2 is 1.21 bits per heavy atom. The molecule has 14 heavy (non-hydrogen) atoms. The SMILES string of the molecule is O=c1[cH-][cH-]c(=O)c2ccccc12.[Rb+].[Re]. The normalized spacial score (nSPS) is 8.86. The van der Waals surface area contributed by atoms with Crippen molar-refractivity contribution in [2.75, 3.05) is 0 Å². The largest absolute Gasteiger partial charge is 1.00 e. The fourth-order valence-electron chi connectivity index (χ4n) is 1.24. The van der Waals surface area contributed by atoms with E-state index in [1.807, 2.05) is 0 Å². The molecular formula is C10H6O2RbRe-. The first-order chi connectivity index (χ1) is 5.79. The van der Waals surface area contributed by atoms with Crippen molar-refractivity contribution in [3.8, 4) is 0 Å². The third kappa shape index (κ3) is 2.88. The van der Waals surface area contributed by atoms with Gasteiger partial charge in [-0.25, -0.2) is 12.1 Å². The van der Waals surface area contributed by atoms with E-state index in [0.29, 0.717) is 10.8 Å². The van der Waals surface area contributed by atoms with Gasteiger partial charge in [-0.1, -0.05) is 12.1 Å². The Morgan fingerprint density at radius 3 is 1.57 bits per heavy atom. The van der Waals surface area contributed by atoms with Gasteiger partial charge in [0.2, 0.25) is 0 Å². The van der Waals surface area contributed by atoms with Crippen molar-refractivity contribution in [2.45, 2.75) is 0 Å². The van der Waals surface area contributed by atoms with Crippen molar-refractivity contribution in [1.82, 2.24) is 0 Å². The molecule has 0 aliphatic rings. The number of hydrogen-bond acceptors (Lipinski definition) is 2. The number of rotatable bonds is 0. The molecule has 0 fully saturated rings. The van der Waals surface area contributed by atoms with Crippen molar-refractivity contribution in [3.05, 3.63) is 56.8 Å². The van der Waals surface area contributed by atoms with Crippen molar-refractivity contribution >= 4 is 10.8 Å². The summed E-state index contributed by atoms with van der Waals surface area (Å²) in [6.45, 7) is 0. The van der Waals surface area contributed by atoms with Crippen LogP contribution in [0.1, 0.15) is 0 Å². The molecule has 2 nitrogen and oxygen atoms in total. The first-order valence-electron chi connectivity index (χ1n) is 3.65. The van der Waals surface area contributed by atoms with Gasteiger partial charge in [-0.3, -0.25) is 0 Å². The van der Waals surface area contributed by atoms with E-state index in [2.05, 4.69) is 0 Å². The van der Waals surface area contributed by atoms with E-state index in [9.17, 15) is 9.59 Å². The Kier molecular flexibility index (Phi) is 6.72. The third-order valence-electron chi connectivity index (χ3n) is 1.84. The molecule has 1 radical (unpaired) electrons. The van der Waals surface area contributed by atoms with Crippen molar-refractivity contribution in [3.63, 3.8) is 0 Å². The van der Waals surface area contributed by atoms with E-state index in [1.165, 1.54) is 12.1 Å². The molecule has 4 heteroatoms. The molecule has 0 aliphatic heterocycles. The zero-order chi connectivity index (χ0) is 8.55. The van der Waals surface area contributed by atoms with Gasteiger partial charge in [-0.15, -0.1) is 12.1 Å². The van der Waals surface area contributed by atoms with Gasteiger partial charge in [0.1, 0.15) is 0 Å². The summed E-state index contributed by atoms with van der Waals surface area (Å²) in [6.07, 6.45) is 0. The Labute approximate surface area is 144 Å². The Balaban J connectivity index is 0.000000845. The molecule has 0 spiro atoms. The average molecular weight is 430 g/mol. The van der Waals surface area contributed by atoms with Crippen molar-refractivity contribution in [2.24, 2.45) is 0 Å². The van der Waals surface area contributed by atoms with Gasteiger partial charge < -0.3 is 9.59 Å². The zero-order valence-electron chi connectivity index (χ0n) is 7.66. The molecule has 2 aromatic carbocycles. The Bertz CT molecular complexity index is 479. The summed E-state index contributed by atoms with van der Waals surface area (Å²) in [5, 5.41) is 1.01. The Morgan fingerprint density at radius 1 is 0.857 bits per heavy atom.